The van der Waals surface area contributed by atoms with Gasteiger partial charge in [-0.3, -0.25) is 4.79 Å². The molecular formula is C14H18O3S. The average molecular weight is 266 g/mol. The van der Waals surface area contributed by atoms with Crippen molar-refractivity contribution in [1.82, 2.24) is 0 Å². The zero-order valence-electron chi connectivity index (χ0n) is 10.7. The minimum Gasteiger partial charge on any atom is -0.496 e. The van der Waals surface area contributed by atoms with Gasteiger partial charge in [0.1, 0.15) is 12.0 Å². The molecule has 0 N–H and O–H groups in total. The Bertz CT molecular complexity index is 420. The third-order valence-electron chi connectivity index (χ3n) is 3.20. The van der Waals surface area contributed by atoms with Crippen molar-refractivity contribution in [3.63, 3.8) is 0 Å². The first-order chi connectivity index (χ1) is 8.74. The van der Waals surface area contributed by atoms with Crippen LogP contribution in [-0.4, -0.2) is 31.4 Å². The number of carbonyl (C=O) groups is 1. The normalized spacial score (nSPS) is 23.0. The third kappa shape index (κ3) is 3.06. The molecule has 2 atom stereocenters. The summed E-state index contributed by atoms with van der Waals surface area (Å²) in [5, 5.41) is 0.537. The number of hydrogen-bond acceptors (Lipinski definition) is 4. The third-order valence-corrected chi connectivity index (χ3v) is 4.72. The summed E-state index contributed by atoms with van der Waals surface area (Å²) in [5.74, 6) is 1.70. The molecule has 18 heavy (non-hydrogen) atoms. The molecule has 2 unspecified atom stereocenters. The number of methoxy groups -OCH3 is 1. The topological polar surface area (TPSA) is 35.5 Å². The fourth-order valence-electron chi connectivity index (χ4n) is 2.11. The molecule has 2 rings (SSSR count). The van der Waals surface area contributed by atoms with Gasteiger partial charge in [-0.15, -0.1) is 0 Å². The molecule has 0 spiro atoms. The van der Waals surface area contributed by atoms with Crippen LogP contribution in [0.5, 0.6) is 5.75 Å². The van der Waals surface area contributed by atoms with Crippen molar-refractivity contribution in [2.45, 2.75) is 30.5 Å². The quantitative estimate of drug-likeness (QED) is 0.768. The van der Waals surface area contributed by atoms with E-state index in [9.17, 15) is 4.79 Å². The zero-order valence-corrected chi connectivity index (χ0v) is 11.5. The van der Waals surface area contributed by atoms with Crippen LogP contribution in [0.2, 0.25) is 0 Å². The lowest BCUT2D eigenvalue weighted by atomic mass is 10.1. The first kappa shape index (κ1) is 13.4. The van der Waals surface area contributed by atoms with Crippen LogP contribution in [0.3, 0.4) is 0 Å². The van der Waals surface area contributed by atoms with Crippen molar-refractivity contribution in [1.29, 1.82) is 0 Å². The lowest BCUT2D eigenvalue weighted by Crippen LogP contribution is -2.13. The van der Waals surface area contributed by atoms with E-state index in [1.807, 2.05) is 23.9 Å². The lowest BCUT2D eigenvalue weighted by molar-refractivity contribution is 0.112. The molecule has 1 saturated heterocycles. The lowest BCUT2D eigenvalue weighted by Gasteiger charge is -2.15. The van der Waals surface area contributed by atoms with E-state index in [4.69, 9.17) is 9.47 Å². The SMILES string of the molecule is COc1ccc(C=O)cc1CSC1CCOC1C. The van der Waals surface area contributed by atoms with Gasteiger partial charge in [0.15, 0.2) is 0 Å². The predicted molar refractivity (Wildman–Crippen MR) is 73.5 cm³/mol. The molecule has 0 amide bonds. The van der Waals surface area contributed by atoms with Crippen molar-refractivity contribution >= 4 is 18.0 Å². The second-order valence-corrected chi connectivity index (χ2v) is 5.63. The Kier molecular flexibility index (Phi) is 4.66. The van der Waals surface area contributed by atoms with E-state index < -0.39 is 0 Å². The zero-order chi connectivity index (χ0) is 13.0. The minimum atomic E-state index is 0.315. The van der Waals surface area contributed by atoms with Crippen molar-refractivity contribution < 1.29 is 14.3 Å². The molecule has 3 nitrogen and oxygen atoms in total. The van der Waals surface area contributed by atoms with E-state index in [0.29, 0.717) is 16.9 Å². The summed E-state index contributed by atoms with van der Waals surface area (Å²) >= 11 is 1.87. The van der Waals surface area contributed by atoms with Gasteiger partial charge in [-0.2, -0.15) is 11.8 Å². The van der Waals surface area contributed by atoms with Crippen LogP contribution in [0.25, 0.3) is 0 Å². The number of benzene rings is 1. The summed E-state index contributed by atoms with van der Waals surface area (Å²) in [5.41, 5.74) is 1.77. The van der Waals surface area contributed by atoms with E-state index in [0.717, 1.165) is 36.4 Å². The number of carbonyl (C=O) groups excluding carboxylic acids is 1. The van der Waals surface area contributed by atoms with Crippen LogP contribution < -0.4 is 4.74 Å². The van der Waals surface area contributed by atoms with Crippen LogP contribution in [0.4, 0.5) is 0 Å². The molecule has 98 valence electrons. The number of aldehydes is 1. The molecule has 1 aromatic carbocycles. The van der Waals surface area contributed by atoms with E-state index in [-0.39, 0.29) is 0 Å². The van der Waals surface area contributed by atoms with Crippen LogP contribution >= 0.6 is 11.8 Å². The van der Waals surface area contributed by atoms with Gasteiger partial charge in [-0.1, -0.05) is 0 Å². The number of ether oxygens (including phenoxy) is 2. The minimum absolute atomic E-state index is 0.315. The summed E-state index contributed by atoms with van der Waals surface area (Å²) in [6.45, 7) is 2.97. The van der Waals surface area contributed by atoms with E-state index in [2.05, 4.69) is 6.92 Å². The highest BCUT2D eigenvalue weighted by atomic mass is 32.2. The largest absolute Gasteiger partial charge is 0.496 e. The summed E-state index contributed by atoms with van der Waals surface area (Å²) in [6, 6.07) is 5.54. The van der Waals surface area contributed by atoms with Gasteiger partial charge in [-0.25, -0.2) is 0 Å². The van der Waals surface area contributed by atoms with Crippen LogP contribution in [0.1, 0.15) is 29.3 Å². The Morgan fingerprint density at radius 3 is 3.00 bits per heavy atom. The van der Waals surface area contributed by atoms with Gasteiger partial charge in [-0.05, 0) is 31.5 Å². The Morgan fingerprint density at radius 1 is 1.56 bits per heavy atom. The summed E-state index contributed by atoms with van der Waals surface area (Å²) in [4.78, 5) is 10.8. The molecule has 1 aromatic rings. The monoisotopic (exact) mass is 266 g/mol. The van der Waals surface area contributed by atoms with Gasteiger partial charge >= 0.3 is 0 Å². The van der Waals surface area contributed by atoms with Crippen LogP contribution in [-0.2, 0) is 10.5 Å². The summed E-state index contributed by atoms with van der Waals surface area (Å²) in [7, 11) is 1.66. The Labute approximate surface area is 112 Å². The molecule has 1 aliphatic heterocycles. The molecule has 1 heterocycles. The molecule has 0 aliphatic carbocycles. The van der Waals surface area contributed by atoms with Crippen molar-refractivity contribution in [2.24, 2.45) is 0 Å². The maximum atomic E-state index is 10.8. The smallest absolute Gasteiger partial charge is 0.150 e. The molecule has 0 saturated carbocycles. The maximum Gasteiger partial charge on any atom is 0.150 e. The molecule has 0 aromatic heterocycles. The average Bonchev–Trinajstić information content (AvgIpc) is 2.81. The second kappa shape index (κ2) is 6.25. The fraction of sp³-hybridized carbons (Fsp3) is 0.500. The van der Waals surface area contributed by atoms with Crippen LogP contribution in [0, 0.1) is 0 Å². The van der Waals surface area contributed by atoms with Crippen molar-refractivity contribution in [3.8, 4) is 5.75 Å². The molecular weight excluding hydrogens is 248 g/mol. The first-order valence-electron chi connectivity index (χ1n) is 6.10. The number of rotatable bonds is 5. The highest BCUT2D eigenvalue weighted by Crippen LogP contribution is 2.32. The predicted octanol–water partition coefficient (Wildman–Crippen LogP) is 2.92. The van der Waals surface area contributed by atoms with Crippen LogP contribution in [0.15, 0.2) is 18.2 Å². The Balaban J connectivity index is 2.04. The Hall–Kier alpha value is -1.00. The second-order valence-electron chi connectivity index (χ2n) is 4.40. The molecule has 1 fully saturated rings. The summed E-state index contributed by atoms with van der Waals surface area (Å²) in [6.07, 6.45) is 2.28. The molecule has 0 bridgehead atoms. The molecule has 4 heteroatoms. The highest BCUT2D eigenvalue weighted by molar-refractivity contribution is 7.99. The Morgan fingerprint density at radius 2 is 2.39 bits per heavy atom. The summed E-state index contributed by atoms with van der Waals surface area (Å²) < 4.78 is 10.9. The standard InChI is InChI=1S/C14H18O3S/c1-10-14(5-6-17-10)18-9-12-7-11(8-15)3-4-13(12)16-2/h3-4,7-8,10,14H,5-6,9H2,1-2H3. The van der Waals surface area contributed by atoms with Gasteiger partial charge in [0.25, 0.3) is 0 Å². The van der Waals surface area contributed by atoms with Gasteiger partial charge in [0, 0.05) is 28.7 Å². The number of thioether (sulfide) groups is 1. The van der Waals surface area contributed by atoms with E-state index >= 15 is 0 Å². The van der Waals surface area contributed by atoms with Crippen molar-refractivity contribution in [2.75, 3.05) is 13.7 Å². The first-order valence-corrected chi connectivity index (χ1v) is 7.14. The molecule has 0 radical (unpaired) electrons. The molecule has 1 aliphatic rings. The van der Waals surface area contributed by atoms with Gasteiger partial charge in [0.05, 0.1) is 13.2 Å². The van der Waals surface area contributed by atoms with Crippen molar-refractivity contribution in [3.05, 3.63) is 29.3 Å². The highest BCUT2D eigenvalue weighted by Gasteiger charge is 2.24. The van der Waals surface area contributed by atoms with Gasteiger partial charge in [0.2, 0.25) is 0 Å². The van der Waals surface area contributed by atoms with Gasteiger partial charge < -0.3 is 9.47 Å². The van der Waals surface area contributed by atoms with E-state index in [1.165, 1.54) is 0 Å². The number of hydrogen-bond donors (Lipinski definition) is 0. The maximum absolute atomic E-state index is 10.8. The van der Waals surface area contributed by atoms with E-state index in [1.54, 1.807) is 13.2 Å². The fourth-order valence-corrected chi connectivity index (χ4v) is 3.34.